The van der Waals surface area contributed by atoms with Gasteiger partial charge in [-0.2, -0.15) is 0 Å². The van der Waals surface area contributed by atoms with Crippen LogP contribution >= 0.6 is 8.24 Å². The summed E-state index contributed by atoms with van der Waals surface area (Å²) in [5.74, 6) is 0. The molecule has 0 aliphatic rings. The third-order valence-electron chi connectivity index (χ3n) is 2.50. The Labute approximate surface area is 116 Å². The number of carbonyl (C=O) groups is 1. The fourth-order valence-corrected chi connectivity index (χ4v) is 11.0. The fourth-order valence-electron chi connectivity index (χ4n) is 1.50. The van der Waals surface area contributed by atoms with Crippen LogP contribution in [0, 0.1) is 6.92 Å². The van der Waals surface area contributed by atoms with E-state index in [1.54, 1.807) is 8.24 Å². The molecule has 0 N–H and O–H groups in total. The van der Waals surface area contributed by atoms with Gasteiger partial charge in [-0.3, -0.25) is 0 Å². The predicted molar refractivity (Wildman–Crippen MR) is 69.2 cm³/mol. The molecule has 2 aromatic carbocycles. The standard InChI is InChI=1S/C8H8OS.C6H5.Hg/c1-6-2-4-7(5-3-6)8(9)10;1-2-4-6-5-3-1;/h2-5H,1H3,(H,9,10);1-5H;/q;;+1/p-1. The van der Waals surface area contributed by atoms with Crippen LogP contribution in [0.3, 0.4) is 0 Å². The third kappa shape index (κ3) is 3.96. The molecule has 0 spiro atoms. The van der Waals surface area contributed by atoms with Crippen LogP contribution in [0.5, 0.6) is 0 Å². The van der Waals surface area contributed by atoms with Crippen molar-refractivity contribution in [3.8, 4) is 0 Å². The van der Waals surface area contributed by atoms with Crippen LogP contribution in [0.2, 0.25) is 0 Å². The summed E-state index contributed by atoms with van der Waals surface area (Å²) in [5, 5.41) is 0.232. The Balaban J connectivity index is 1.96. The SMILES string of the molecule is Cc1ccc(C(=O)[S][Hg][c]2ccccc2)cc1. The van der Waals surface area contributed by atoms with E-state index in [1.807, 2.05) is 49.4 Å². The minimum absolute atomic E-state index is 0.232. The average Bonchev–Trinajstić information content (AvgIpc) is 2.38. The van der Waals surface area contributed by atoms with Crippen molar-refractivity contribution in [2.75, 3.05) is 0 Å². The Morgan fingerprint density at radius 1 is 1.00 bits per heavy atom. The second-order valence-corrected chi connectivity index (χ2v) is 14.8. The van der Waals surface area contributed by atoms with Gasteiger partial charge in [-0.1, -0.05) is 0 Å². The van der Waals surface area contributed by atoms with Crippen LogP contribution in [-0.2, 0) is 23.1 Å². The number of hydrogen-bond acceptors (Lipinski definition) is 2. The van der Waals surface area contributed by atoms with E-state index in [9.17, 15) is 4.79 Å². The summed E-state index contributed by atoms with van der Waals surface area (Å²) < 4.78 is 1.40. The molecule has 0 amide bonds. The van der Waals surface area contributed by atoms with E-state index in [2.05, 4.69) is 12.1 Å². The van der Waals surface area contributed by atoms with Gasteiger partial charge in [0, 0.05) is 0 Å². The average molecular weight is 429 g/mol. The van der Waals surface area contributed by atoms with Crippen LogP contribution < -0.4 is 3.07 Å². The summed E-state index contributed by atoms with van der Waals surface area (Å²) in [5.41, 5.74) is 2.02. The van der Waals surface area contributed by atoms with Crippen molar-refractivity contribution in [3.05, 3.63) is 65.7 Å². The Hall–Kier alpha value is -0.605. The molecule has 2 aromatic rings. The molecule has 0 saturated carbocycles. The molecule has 0 aromatic heterocycles. The first-order chi connectivity index (χ1) is 8.25. The van der Waals surface area contributed by atoms with E-state index >= 15 is 0 Å². The summed E-state index contributed by atoms with van der Waals surface area (Å²) in [6, 6.07) is 18.2. The van der Waals surface area contributed by atoms with Crippen LogP contribution in [0.1, 0.15) is 15.9 Å². The van der Waals surface area contributed by atoms with Gasteiger partial charge in [0.25, 0.3) is 0 Å². The van der Waals surface area contributed by atoms with Crippen molar-refractivity contribution in [3.63, 3.8) is 0 Å². The predicted octanol–water partition coefficient (Wildman–Crippen LogP) is 3.19. The van der Waals surface area contributed by atoms with E-state index in [1.165, 1.54) is 8.64 Å². The van der Waals surface area contributed by atoms with Crippen molar-refractivity contribution >= 4 is 16.4 Å². The molecule has 0 saturated heterocycles. The maximum atomic E-state index is 11.9. The quantitative estimate of drug-likeness (QED) is 0.698. The van der Waals surface area contributed by atoms with Crippen LogP contribution in [0.25, 0.3) is 0 Å². The first-order valence-electron chi connectivity index (χ1n) is 5.53. The van der Waals surface area contributed by atoms with E-state index in [0.29, 0.717) is 0 Å². The first kappa shape index (κ1) is 12.8. The molecule has 0 fully saturated rings. The first-order valence-corrected chi connectivity index (χ1v) is 16.0. The fraction of sp³-hybridized carbons (Fsp3) is 0.0714. The van der Waals surface area contributed by atoms with E-state index in [0.717, 1.165) is 5.56 Å². The maximum absolute atomic E-state index is 11.9. The summed E-state index contributed by atoms with van der Waals surface area (Å²) in [7, 11) is 1.57. The zero-order chi connectivity index (χ0) is 12.1. The van der Waals surface area contributed by atoms with Crippen LogP contribution in [0.15, 0.2) is 54.6 Å². The molecule has 3 heteroatoms. The molecule has 0 bridgehead atoms. The molecule has 0 unspecified atom stereocenters. The van der Waals surface area contributed by atoms with Gasteiger partial charge in [-0.25, -0.2) is 0 Å². The zero-order valence-electron chi connectivity index (χ0n) is 9.72. The van der Waals surface area contributed by atoms with Crippen molar-refractivity contribution in [2.45, 2.75) is 6.92 Å². The van der Waals surface area contributed by atoms with E-state index in [4.69, 9.17) is 0 Å². The molecule has 2 rings (SSSR count). The Bertz CT molecular complexity index is 493. The van der Waals surface area contributed by atoms with Crippen LogP contribution in [0.4, 0.5) is 0 Å². The Morgan fingerprint density at radius 2 is 1.65 bits per heavy atom. The molecule has 82 valence electrons. The van der Waals surface area contributed by atoms with Crippen LogP contribution in [-0.4, -0.2) is 5.12 Å². The summed E-state index contributed by atoms with van der Waals surface area (Å²) in [6.45, 7) is 2.03. The number of carbonyl (C=O) groups excluding carboxylic acids is 1. The molecule has 17 heavy (non-hydrogen) atoms. The van der Waals surface area contributed by atoms with Gasteiger partial charge in [0.05, 0.1) is 0 Å². The molecular formula is C14H12HgOS. The van der Waals surface area contributed by atoms with Crippen molar-refractivity contribution in [1.82, 2.24) is 0 Å². The van der Waals surface area contributed by atoms with Gasteiger partial charge < -0.3 is 0 Å². The Kier molecular flexibility index (Phi) is 4.80. The summed E-state index contributed by atoms with van der Waals surface area (Å²) >= 11 is -1.31. The second-order valence-electron chi connectivity index (χ2n) is 3.93. The van der Waals surface area contributed by atoms with Crippen molar-refractivity contribution in [1.29, 1.82) is 0 Å². The van der Waals surface area contributed by atoms with Gasteiger partial charge in [0.2, 0.25) is 0 Å². The van der Waals surface area contributed by atoms with Gasteiger partial charge in [0.15, 0.2) is 0 Å². The Morgan fingerprint density at radius 3 is 2.29 bits per heavy atom. The number of benzene rings is 2. The van der Waals surface area contributed by atoms with Crippen molar-refractivity contribution in [2.24, 2.45) is 0 Å². The molecule has 0 radical (unpaired) electrons. The normalized spacial score (nSPS) is 9.71. The number of rotatable bonds is 3. The topological polar surface area (TPSA) is 17.1 Å². The van der Waals surface area contributed by atoms with Gasteiger partial charge in [-0.05, 0) is 0 Å². The molecule has 0 aliphatic heterocycles. The molecule has 0 heterocycles. The third-order valence-corrected chi connectivity index (χ3v) is 13.9. The second kappa shape index (κ2) is 6.36. The number of aryl methyl sites for hydroxylation is 1. The molecule has 0 atom stereocenters. The van der Waals surface area contributed by atoms with Gasteiger partial charge in [0.1, 0.15) is 0 Å². The monoisotopic (exact) mass is 430 g/mol. The molecule has 1 nitrogen and oxygen atoms in total. The minimum atomic E-state index is -1.31. The summed E-state index contributed by atoms with van der Waals surface area (Å²) in [4.78, 5) is 11.9. The number of hydrogen-bond donors (Lipinski definition) is 0. The van der Waals surface area contributed by atoms with E-state index in [-0.39, 0.29) is 5.12 Å². The van der Waals surface area contributed by atoms with Gasteiger partial charge >= 0.3 is 117 Å². The van der Waals surface area contributed by atoms with Gasteiger partial charge in [-0.15, -0.1) is 0 Å². The molecule has 0 aliphatic carbocycles. The zero-order valence-corrected chi connectivity index (χ0v) is 16.0. The van der Waals surface area contributed by atoms with Crippen molar-refractivity contribution < 1.29 is 27.9 Å². The molecular weight excluding hydrogens is 417 g/mol. The summed E-state index contributed by atoms with van der Waals surface area (Å²) in [6.07, 6.45) is 0. The van der Waals surface area contributed by atoms with E-state index < -0.39 is 23.1 Å².